The lowest BCUT2D eigenvalue weighted by molar-refractivity contribution is -0.129. The third-order valence-electron chi connectivity index (χ3n) is 4.00. The molecule has 112 valence electrons. The summed E-state index contributed by atoms with van der Waals surface area (Å²) in [5, 5.41) is 0.253. The van der Waals surface area contributed by atoms with E-state index in [1.807, 2.05) is 12.1 Å². The maximum atomic E-state index is 10.1. The summed E-state index contributed by atoms with van der Waals surface area (Å²) in [5.41, 5.74) is 2.25. The molecule has 0 atom stereocenters. The normalized spacial score (nSPS) is 12.2. The summed E-state index contributed by atoms with van der Waals surface area (Å²) in [6, 6.07) is 8.12. The largest absolute Gasteiger partial charge is 0.463 e. The molecular weight excluding hydrogens is 268 g/mol. The highest BCUT2D eigenvalue weighted by Crippen LogP contribution is 2.36. The molecule has 0 radical (unpaired) electrons. The second-order valence-corrected chi connectivity index (χ2v) is 11.4. The van der Waals surface area contributed by atoms with Gasteiger partial charge in [-0.15, -0.1) is 0 Å². The molecule has 0 aliphatic carbocycles. The fourth-order valence-corrected chi connectivity index (χ4v) is 2.62. The zero-order chi connectivity index (χ0) is 15.2. The minimum Gasteiger partial charge on any atom is -0.463 e. The van der Waals surface area contributed by atoms with Gasteiger partial charge in [-0.3, -0.25) is 4.79 Å². The van der Waals surface area contributed by atoms with E-state index >= 15 is 0 Å². The molecule has 0 aromatic heterocycles. The molecule has 0 saturated carbocycles. The molecule has 4 heteroatoms. The monoisotopic (exact) mass is 294 g/mol. The van der Waals surface area contributed by atoms with Crippen molar-refractivity contribution < 1.29 is 14.0 Å². The Hall–Kier alpha value is -1.13. The quantitative estimate of drug-likeness (QED) is 0.565. The number of ether oxygens (including phenoxy) is 1. The highest BCUT2D eigenvalue weighted by Gasteiger charge is 2.36. The zero-order valence-electron chi connectivity index (χ0n) is 13.2. The Morgan fingerprint density at radius 3 is 2.15 bits per heavy atom. The summed E-state index contributed by atoms with van der Waals surface area (Å²) >= 11 is 0. The number of hydrogen-bond donors (Lipinski definition) is 0. The van der Waals surface area contributed by atoms with E-state index < -0.39 is 8.32 Å². The lowest BCUT2D eigenvalue weighted by atomic mass is 10.1. The number of hydrogen-bond acceptors (Lipinski definition) is 3. The molecule has 0 aliphatic heterocycles. The van der Waals surface area contributed by atoms with Crippen LogP contribution in [0.1, 0.15) is 31.9 Å². The predicted molar refractivity (Wildman–Crippen MR) is 84.1 cm³/mol. The van der Waals surface area contributed by atoms with Gasteiger partial charge in [0.1, 0.15) is 6.61 Å². The average molecular weight is 294 g/mol. The molecule has 0 amide bonds. The first-order valence-electron chi connectivity index (χ1n) is 7.03. The summed E-state index contributed by atoms with van der Waals surface area (Å²) in [5.74, 6) is 0. The molecule has 0 fully saturated rings. The topological polar surface area (TPSA) is 35.5 Å². The lowest BCUT2D eigenvalue weighted by Crippen LogP contribution is -2.41. The molecular formula is C16H26O3Si. The van der Waals surface area contributed by atoms with Crippen LogP contribution >= 0.6 is 0 Å². The molecule has 0 heterocycles. The van der Waals surface area contributed by atoms with Crippen molar-refractivity contribution in [3.8, 4) is 0 Å². The molecule has 20 heavy (non-hydrogen) atoms. The van der Waals surface area contributed by atoms with Gasteiger partial charge in [0.2, 0.25) is 0 Å². The Labute approximate surface area is 123 Å². The van der Waals surface area contributed by atoms with Gasteiger partial charge in [0.25, 0.3) is 6.47 Å². The van der Waals surface area contributed by atoms with E-state index in [4.69, 9.17) is 9.16 Å². The van der Waals surface area contributed by atoms with E-state index in [2.05, 4.69) is 46.0 Å². The van der Waals surface area contributed by atoms with Gasteiger partial charge in [-0.25, -0.2) is 0 Å². The lowest BCUT2D eigenvalue weighted by Gasteiger charge is -2.36. The van der Waals surface area contributed by atoms with Crippen molar-refractivity contribution in [3.63, 3.8) is 0 Å². The molecule has 0 N–H and O–H groups in total. The number of carbonyl (C=O) groups is 1. The molecule has 0 saturated heterocycles. The summed E-state index contributed by atoms with van der Waals surface area (Å²) in [4.78, 5) is 10.1. The molecule has 0 bridgehead atoms. The molecule has 0 unspecified atom stereocenters. The molecule has 0 spiro atoms. The van der Waals surface area contributed by atoms with E-state index in [0.29, 0.717) is 13.1 Å². The SMILES string of the molecule is CC(C)(C)[Si](C)(C)OCCc1ccc(COC=O)cc1. The maximum absolute atomic E-state index is 10.1. The Morgan fingerprint density at radius 2 is 1.65 bits per heavy atom. The number of benzene rings is 1. The van der Waals surface area contributed by atoms with Crippen molar-refractivity contribution in [1.29, 1.82) is 0 Å². The van der Waals surface area contributed by atoms with Crippen LogP contribution in [0.3, 0.4) is 0 Å². The number of carbonyl (C=O) groups excluding carboxylic acids is 1. The van der Waals surface area contributed by atoms with Crippen LogP contribution in [0.4, 0.5) is 0 Å². The second-order valence-electron chi connectivity index (χ2n) is 6.58. The van der Waals surface area contributed by atoms with Crippen LogP contribution in [0, 0.1) is 0 Å². The van der Waals surface area contributed by atoms with Crippen LogP contribution in [-0.2, 0) is 27.0 Å². The Bertz CT molecular complexity index is 418. The molecule has 3 nitrogen and oxygen atoms in total. The van der Waals surface area contributed by atoms with Crippen LogP contribution in [0.25, 0.3) is 0 Å². The van der Waals surface area contributed by atoms with Crippen LogP contribution in [0.15, 0.2) is 24.3 Å². The third-order valence-corrected chi connectivity index (χ3v) is 8.54. The molecule has 1 rings (SSSR count). The minimum atomic E-state index is -1.65. The van der Waals surface area contributed by atoms with E-state index in [1.54, 1.807) is 0 Å². The van der Waals surface area contributed by atoms with Gasteiger partial charge in [-0.1, -0.05) is 45.0 Å². The number of rotatable bonds is 7. The van der Waals surface area contributed by atoms with Gasteiger partial charge in [-0.05, 0) is 35.7 Å². The van der Waals surface area contributed by atoms with Crippen molar-refractivity contribution in [1.82, 2.24) is 0 Å². The van der Waals surface area contributed by atoms with E-state index in [1.165, 1.54) is 5.56 Å². The second kappa shape index (κ2) is 7.04. The Morgan fingerprint density at radius 1 is 1.10 bits per heavy atom. The van der Waals surface area contributed by atoms with Crippen molar-refractivity contribution in [2.45, 2.75) is 51.9 Å². The smallest absolute Gasteiger partial charge is 0.293 e. The summed E-state index contributed by atoms with van der Waals surface area (Å²) in [6.07, 6.45) is 0.918. The van der Waals surface area contributed by atoms with Gasteiger partial charge in [0, 0.05) is 6.61 Å². The van der Waals surface area contributed by atoms with Crippen LogP contribution < -0.4 is 0 Å². The first-order valence-corrected chi connectivity index (χ1v) is 9.94. The summed E-state index contributed by atoms with van der Waals surface area (Å²) < 4.78 is 10.9. The molecule has 0 aliphatic rings. The summed E-state index contributed by atoms with van der Waals surface area (Å²) in [7, 11) is -1.65. The van der Waals surface area contributed by atoms with E-state index in [-0.39, 0.29) is 5.04 Å². The first-order chi connectivity index (χ1) is 9.26. The maximum Gasteiger partial charge on any atom is 0.293 e. The highest BCUT2D eigenvalue weighted by molar-refractivity contribution is 6.74. The minimum absolute atomic E-state index is 0.253. The third kappa shape index (κ3) is 5.10. The van der Waals surface area contributed by atoms with Gasteiger partial charge in [0.15, 0.2) is 8.32 Å². The molecule has 1 aromatic carbocycles. The van der Waals surface area contributed by atoms with Gasteiger partial charge in [-0.2, -0.15) is 0 Å². The predicted octanol–water partition coefficient (Wildman–Crippen LogP) is 3.92. The Balaban J connectivity index is 2.44. The van der Waals surface area contributed by atoms with E-state index in [0.717, 1.165) is 18.6 Å². The fourth-order valence-electron chi connectivity index (χ4n) is 1.57. The van der Waals surface area contributed by atoms with Crippen molar-refractivity contribution in [2.24, 2.45) is 0 Å². The standard InChI is InChI=1S/C16H26O3Si/c1-16(2,3)20(4,5)19-11-10-14-6-8-15(9-7-14)12-18-13-17/h6-9,13H,10-12H2,1-5H3. The molecule has 1 aromatic rings. The van der Waals surface area contributed by atoms with Gasteiger partial charge >= 0.3 is 0 Å². The Kier molecular flexibility index (Phi) is 5.96. The fraction of sp³-hybridized carbons (Fsp3) is 0.562. The van der Waals surface area contributed by atoms with E-state index in [9.17, 15) is 4.79 Å². The van der Waals surface area contributed by atoms with Crippen LogP contribution in [0.5, 0.6) is 0 Å². The van der Waals surface area contributed by atoms with Crippen molar-refractivity contribution in [2.75, 3.05) is 6.61 Å². The van der Waals surface area contributed by atoms with Crippen molar-refractivity contribution in [3.05, 3.63) is 35.4 Å². The average Bonchev–Trinajstić information content (AvgIpc) is 2.36. The van der Waals surface area contributed by atoms with Crippen LogP contribution in [0.2, 0.25) is 18.1 Å². The van der Waals surface area contributed by atoms with Crippen molar-refractivity contribution >= 4 is 14.8 Å². The van der Waals surface area contributed by atoms with Gasteiger partial charge in [0.05, 0.1) is 0 Å². The first kappa shape index (κ1) is 16.9. The van der Waals surface area contributed by atoms with Gasteiger partial charge < -0.3 is 9.16 Å². The van der Waals surface area contributed by atoms with Crippen LogP contribution in [-0.4, -0.2) is 21.4 Å². The highest BCUT2D eigenvalue weighted by atomic mass is 28.4. The zero-order valence-corrected chi connectivity index (χ0v) is 14.2. The summed E-state index contributed by atoms with van der Waals surface area (Å²) in [6.45, 7) is 12.9.